The van der Waals surface area contributed by atoms with E-state index >= 15 is 0 Å². The monoisotopic (exact) mass is 396 g/mol. The predicted octanol–water partition coefficient (Wildman–Crippen LogP) is 8.78. The summed E-state index contributed by atoms with van der Waals surface area (Å²) in [5.41, 5.74) is 7.82. The molecule has 0 aromatic heterocycles. The van der Waals surface area contributed by atoms with Crippen molar-refractivity contribution in [3.05, 3.63) is 51.3 Å². The molecule has 1 saturated carbocycles. The van der Waals surface area contributed by atoms with Gasteiger partial charge in [-0.05, 0) is 93.9 Å². The molecule has 0 radical (unpaired) electrons. The molecule has 1 unspecified atom stereocenters. The molecule has 3 rings (SSSR count). The lowest BCUT2D eigenvalue weighted by Gasteiger charge is -2.47. The van der Waals surface area contributed by atoms with Crippen molar-refractivity contribution in [1.82, 2.24) is 0 Å². The number of thioether (sulfide) groups is 1. The van der Waals surface area contributed by atoms with Crippen molar-refractivity contribution in [2.24, 2.45) is 11.8 Å². The first kappa shape index (κ1) is 21.8. The summed E-state index contributed by atoms with van der Waals surface area (Å²) in [5, 5.41) is 2.36. The number of allylic oxidation sites excluding steroid dienone is 2. The highest BCUT2D eigenvalue weighted by Gasteiger charge is 2.42. The van der Waals surface area contributed by atoms with Crippen LogP contribution in [0.3, 0.4) is 0 Å². The Kier molecular flexibility index (Phi) is 6.26. The van der Waals surface area contributed by atoms with Crippen LogP contribution in [0.25, 0.3) is 5.57 Å². The van der Waals surface area contributed by atoms with Gasteiger partial charge in [-0.1, -0.05) is 72.6 Å². The summed E-state index contributed by atoms with van der Waals surface area (Å²) >= 11 is 1.88. The molecule has 1 atom stereocenters. The Morgan fingerprint density at radius 3 is 2.36 bits per heavy atom. The van der Waals surface area contributed by atoms with Crippen LogP contribution >= 0.6 is 11.8 Å². The Morgan fingerprint density at radius 1 is 1.07 bits per heavy atom. The maximum absolute atomic E-state index is 4.41. The van der Waals surface area contributed by atoms with Crippen molar-refractivity contribution in [2.45, 2.75) is 97.8 Å². The molecule has 28 heavy (non-hydrogen) atoms. The Balaban J connectivity index is 1.89. The van der Waals surface area contributed by atoms with Gasteiger partial charge in [0.1, 0.15) is 0 Å². The lowest BCUT2D eigenvalue weighted by atomic mass is 9.58. The van der Waals surface area contributed by atoms with Gasteiger partial charge in [-0.3, -0.25) is 0 Å². The van der Waals surface area contributed by atoms with Crippen molar-refractivity contribution < 1.29 is 0 Å². The highest BCUT2D eigenvalue weighted by Crippen LogP contribution is 2.50. The number of rotatable bonds is 4. The lowest BCUT2D eigenvalue weighted by Crippen LogP contribution is -2.40. The fraction of sp³-hybridized carbons (Fsp3) is 0.630. The molecule has 2 aliphatic rings. The van der Waals surface area contributed by atoms with Gasteiger partial charge < -0.3 is 0 Å². The molecule has 1 heteroatoms. The van der Waals surface area contributed by atoms with Gasteiger partial charge in [-0.2, -0.15) is 0 Å². The van der Waals surface area contributed by atoms with E-state index in [4.69, 9.17) is 0 Å². The molecular weight excluding hydrogens is 356 g/mol. The Hall–Kier alpha value is -0.950. The number of aryl methyl sites for hydroxylation is 1. The molecule has 0 heterocycles. The van der Waals surface area contributed by atoms with Crippen molar-refractivity contribution in [1.29, 1.82) is 0 Å². The van der Waals surface area contributed by atoms with Crippen molar-refractivity contribution in [2.75, 3.05) is 0 Å². The van der Waals surface area contributed by atoms with Crippen LogP contribution in [0, 0.1) is 18.8 Å². The maximum atomic E-state index is 4.41. The average Bonchev–Trinajstić information content (AvgIpc) is 2.64. The first-order valence-electron chi connectivity index (χ1n) is 11.2. The largest absolute Gasteiger partial charge is 0.103 e. The fourth-order valence-electron chi connectivity index (χ4n) is 5.37. The summed E-state index contributed by atoms with van der Waals surface area (Å²) in [6.45, 7) is 21.1. The second kappa shape index (κ2) is 8.05. The molecule has 1 aromatic rings. The van der Waals surface area contributed by atoms with E-state index in [2.05, 4.69) is 72.6 Å². The normalized spacial score (nSPS) is 24.7. The zero-order chi connectivity index (χ0) is 20.7. The van der Waals surface area contributed by atoms with Crippen LogP contribution in [-0.4, -0.2) is 0 Å². The second-order valence-corrected chi connectivity index (χ2v) is 11.6. The number of hydrogen-bond acceptors (Lipinski definition) is 1. The van der Waals surface area contributed by atoms with Gasteiger partial charge in [-0.15, -0.1) is 11.8 Å². The quantitative estimate of drug-likeness (QED) is 0.490. The van der Waals surface area contributed by atoms with Crippen LogP contribution in [0.4, 0.5) is 0 Å². The Morgan fingerprint density at radius 2 is 1.71 bits per heavy atom. The van der Waals surface area contributed by atoms with Crippen molar-refractivity contribution in [3.8, 4) is 0 Å². The number of fused-ring (bicyclic) bond motifs is 1. The zero-order valence-electron chi connectivity index (χ0n) is 19.2. The van der Waals surface area contributed by atoms with Gasteiger partial charge >= 0.3 is 0 Å². The molecular formula is C27H40S. The average molecular weight is 397 g/mol. The SMILES string of the molecule is C=C(S/C=C(\C)c1cc2c(cc1C)C(C)(C)C(C)CC2(C)C)C1CCCCC1. The third-order valence-electron chi connectivity index (χ3n) is 7.71. The summed E-state index contributed by atoms with van der Waals surface area (Å²) in [6, 6.07) is 4.99. The van der Waals surface area contributed by atoms with Gasteiger partial charge in [0.05, 0.1) is 0 Å². The van der Waals surface area contributed by atoms with E-state index in [1.807, 2.05) is 11.8 Å². The van der Waals surface area contributed by atoms with E-state index in [0.717, 1.165) is 0 Å². The van der Waals surface area contributed by atoms with E-state index in [1.54, 1.807) is 11.1 Å². The third-order valence-corrected chi connectivity index (χ3v) is 8.82. The first-order chi connectivity index (χ1) is 13.0. The lowest BCUT2D eigenvalue weighted by molar-refractivity contribution is 0.233. The molecule has 2 aliphatic carbocycles. The van der Waals surface area contributed by atoms with Crippen LogP contribution < -0.4 is 0 Å². The van der Waals surface area contributed by atoms with Crippen LogP contribution in [0.1, 0.15) is 102 Å². The molecule has 0 N–H and O–H groups in total. The van der Waals surface area contributed by atoms with E-state index < -0.39 is 0 Å². The van der Waals surface area contributed by atoms with Crippen molar-refractivity contribution in [3.63, 3.8) is 0 Å². The molecule has 0 nitrogen and oxygen atoms in total. The molecule has 1 fully saturated rings. The van der Waals surface area contributed by atoms with Gasteiger partial charge in [0, 0.05) is 0 Å². The Bertz CT molecular complexity index is 772. The highest BCUT2D eigenvalue weighted by molar-refractivity contribution is 8.06. The number of benzene rings is 1. The highest BCUT2D eigenvalue weighted by atomic mass is 32.2. The summed E-state index contributed by atoms with van der Waals surface area (Å²) in [5.74, 6) is 1.42. The Labute approximate surface area is 178 Å². The summed E-state index contributed by atoms with van der Waals surface area (Å²) in [7, 11) is 0. The first-order valence-corrected chi connectivity index (χ1v) is 12.1. The van der Waals surface area contributed by atoms with E-state index in [9.17, 15) is 0 Å². The van der Waals surface area contributed by atoms with Crippen molar-refractivity contribution >= 4 is 17.3 Å². The molecule has 0 saturated heterocycles. The smallest absolute Gasteiger partial charge is 0.00746 e. The van der Waals surface area contributed by atoms with Crippen LogP contribution in [0.15, 0.2) is 29.0 Å². The third kappa shape index (κ3) is 4.16. The van der Waals surface area contributed by atoms with Gasteiger partial charge in [0.25, 0.3) is 0 Å². The number of hydrogen-bond donors (Lipinski definition) is 0. The molecule has 154 valence electrons. The molecule has 0 spiro atoms. The minimum atomic E-state index is 0.242. The van der Waals surface area contributed by atoms with Gasteiger partial charge in [0.15, 0.2) is 0 Å². The second-order valence-electron chi connectivity index (χ2n) is 10.6. The van der Waals surface area contributed by atoms with Crippen LogP contribution in [0.2, 0.25) is 0 Å². The maximum Gasteiger partial charge on any atom is -0.00746 e. The van der Waals surface area contributed by atoms with Gasteiger partial charge in [-0.25, -0.2) is 0 Å². The van der Waals surface area contributed by atoms with E-state index in [0.29, 0.717) is 11.8 Å². The summed E-state index contributed by atoms with van der Waals surface area (Å²) < 4.78 is 0. The minimum absolute atomic E-state index is 0.242. The fourth-order valence-corrected chi connectivity index (χ4v) is 6.25. The topological polar surface area (TPSA) is 0 Å². The molecule has 1 aromatic carbocycles. The summed E-state index contributed by atoms with van der Waals surface area (Å²) in [6.07, 6.45) is 8.07. The standard InChI is InChI=1S/C27H40S/c1-18-14-25-24(26(5,6)16-20(3)27(25,7)8)15-23(18)19(2)17-28-21(4)22-12-10-9-11-13-22/h14-15,17,20,22H,4,9-13,16H2,1-3,5-8H3/b19-17+. The minimum Gasteiger partial charge on any atom is -0.103 e. The van der Waals surface area contributed by atoms with E-state index in [1.165, 1.54) is 60.1 Å². The van der Waals surface area contributed by atoms with E-state index in [-0.39, 0.29) is 10.8 Å². The molecule has 0 bridgehead atoms. The molecule has 0 aliphatic heterocycles. The van der Waals surface area contributed by atoms with Gasteiger partial charge in [0.2, 0.25) is 0 Å². The zero-order valence-corrected chi connectivity index (χ0v) is 20.1. The van der Waals surface area contributed by atoms with Crippen LogP contribution in [0.5, 0.6) is 0 Å². The summed E-state index contributed by atoms with van der Waals surface area (Å²) in [4.78, 5) is 1.37. The molecule has 0 amide bonds. The van der Waals surface area contributed by atoms with Crippen LogP contribution in [-0.2, 0) is 10.8 Å². The predicted molar refractivity (Wildman–Crippen MR) is 128 cm³/mol.